The van der Waals surface area contributed by atoms with Crippen LogP contribution in [-0.4, -0.2) is 19.7 Å². The van der Waals surface area contributed by atoms with Gasteiger partial charge in [-0.15, -0.1) is 0 Å². The molecule has 3 rings (SSSR count). The molecule has 3 aromatic rings. The van der Waals surface area contributed by atoms with Crippen LogP contribution >= 0.6 is 11.6 Å². The van der Waals surface area contributed by atoms with Crippen molar-refractivity contribution in [2.24, 2.45) is 7.05 Å². The van der Waals surface area contributed by atoms with Gasteiger partial charge in [-0.2, -0.15) is 5.10 Å². The molecule has 0 spiro atoms. The molecule has 124 valence electrons. The Morgan fingerprint density at radius 2 is 1.83 bits per heavy atom. The highest BCUT2D eigenvalue weighted by Crippen LogP contribution is 2.26. The van der Waals surface area contributed by atoms with Crippen molar-refractivity contribution in [2.75, 3.05) is 5.32 Å². The molecule has 6 heteroatoms. The van der Waals surface area contributed by atoms with E-state index in [9.17, 15) is 0 Å². The van der Waals surface area contributed by atoms with E-state index in [0.717, 1.165) is 33.2 Å². The Bertz CT molecular complexity index is 854. The first-order valence-electron chi connectivity index (χ1n) is 7.81. The molecule has 0 radical (unpaired) electrons. The van der Waals surface area contributed by atoms with Crippen molar-refractivity contribution >= 4 is 17.5 Å². The highest BCUT2D eigenvalue weighted by Gasteiger charge is 2.14. The van der Waals surface area contributed by atoms with Crippen molar-refractivity contribution in [3.8, 4) is 11.3 Å². The summed E-state index contributed by atoms with van der Waals surface area (Å²) in [5, 5.41) is 8.53. The molecule has 0 saturated carbocycles. The van der Waals surface area contributed by atoms with Crippen molar-refractivity contribution in [1.82, 2.24) is 19.7 Å². The minimum atomic E-state index is 0.0774. The van der Waals surface area contributed by atoms with Crippen LogP contribution in [0.2, 0.25) is 5.02 Å². The first-order valence-corrected chi connectivity index (χ1v) is 8.19. The molecule has 0 unspecified atom stereocenters. The summed E-state index contributed by atoms with van der Waals surface area (Å²) in [4.78, 5) is 9.00. The van der Waals surface area contributed by atoms with Gasteiger partial charge in [-0.25, -0.2) is 9.97 Å². The maximum atomic E-state index is 5.94. The highest BCUT2D eigenvalue weighted by atomic mass is 35.5. The van der Waals surface area contributed by atoms with Gasteiger partial charge in [0.15, 0.2) is 0 Å². The van der Waals surface area contributed by atoms with Crippen molar-refractivity contribution in [2.45, 2.75) is 26.8 Å². The molecule has 0 aliphatic rings. The fourth-order valence-corrected chi connectivity index (χ4v) is 2.87. The summed E-state index contributed by atoms with van der Waals surface area (Å²) in [6.45, 7) is 6.11. The molecule has 0 saturated heterocycles. The molecule has 0 bridgehead atoms. The van der Waals surface area contributed by atoms with Crippen LogP contribution < -0.4 is 5.32 Å². The van der Waals surface area contributed by atoms with E-state index in [0.29, 0.717) is 5.95 Å². The fraction of sp³-hybridized carbons (Fsp3) is 0.278. The molecule has 0 amide bonds. The number of halogens is 1. The summed E-state index contributed by atoms with van der Waals surface area (Å²) < 4.78 is 1.87. The predicted molar refractivity (Wildman–Crippen MR) is 97.2 cm³/mol. The van der Waals surface area contributed by atoms with Crippen LogP contribution in [0.3, 0.4) is 0 Å². The van der Waals surface area contributed by atoms with Crippen LogP contribution in [0.5, 0.6) is 0 Å². The van der Waals surface area contributed by atoms with E-state index < -0.39 is 0 Å². The Kier molecular flexibility index (Phi) is 4.53. The van der Waals surface area contributed by atoms with Crippen molar-refractivity contribution in [1.29, 1.82) is 0 Å². The summed E-state index contributed by atoms with van der Waals surface area (Å²) in [6, 6.07) is 9.76. The zero-order valence-corrected chi connectivity index (χ0v) is 15.0. The van der Waals surface area contributed by atoms with Gasteiger partial charge in [0.05, 0.1) is 17.4 Å². The van der Waals surface area contributed by atoms with Gasteiger partial charge in [0.25, 0.3) is 0 Å². The Balaban J connectivity index is 1.87. The molecule has 1 aromatic carbocycles. The number of hydrogen-bond donors (Lipinski definition) is 1. The van der Waals surface area contributed by atoms with E-state index in [2.05, 4.69) is 27.3 Å². The molecule has 1 N–H and O–H groups in total. The van der Waals surface area contributed by atoms with E-state index in [1.54, 1.807) is 6.20 Å². The third-order valence-electron chi connectivity index (χ3n) is 4.14. The van der Waals surface area contributed by atoms with Crippen LogP contribution in [0.15, 0.2) is 36.5 Å². The summed E-state index contributed by atoms with van der Waals surface area (Å²) in [7, 11) is 1.94. The van der Waals surface area contributed by atoms with Crippen LogP contribution in [0.25, 0.3) is 11.3 Å². The third-order valence-corrected chi connectivity index (χ3v) is 4.39. The van der Waals surface area contributed by atoms with Gasteiger partial charge >= 0.3 is 0 Å². The fourth-order valence-electron chi connectivity index (χ4n) is 2.74. The number of aromatic nitrogens is 4. The van der Waals surface area contributed by atoms with Gasteiger partial charge in [-0.3, -0.25) is 4.68 Å². The van der Waals surface area contributed by atoms with Crippen LogP contribution in [-0.2, 0) is 7.05 Å². The molecule has 0 aliphatic heterocycles. The molecule has 24 heavy (non-hydrogen) atoms. The van der Waals surface area contributed by atoms with Crippen LogP contribution in [0, 0.1) is 13.8 Å². The second-order valence-electron chi connectivity index (χ2n) is 5.85. The monoisotopic (exact) mass is 341 g/mol. The summed E-state index contributed by atoms with van der Waals surface area (Å²) in [5.74, 6) is 0.595. The van der Waals surface area contributed by atoms with Gasteiger partial charge < -0.3 is 5.32 Å². The van der Waals surface area contributed by atoms with Gasteiger partial charge in [-0.05, 0) is 44.5 Å². The summed E-state index contributed by atoms with van der Waals surface area (Å²) >= 11 is 5.94. The van der Waals surface area contributed by atoms with Gasteiger partial charge in [0.2, 0.25) is 5.95 Å². The number of benzene rings is 1. The Morgan fingerprint density at radius 1 is 1.12 bits per heavy atom. The number of nitrogens with zero attached hydrogens (tertiary/aromatic N) is 4. The van der Waals surface area contributed by atoms with E-state index in [-0.39, 0.29) is 6.04 Å². The third kappa shape index (κ3) is 3.26. The lowest BCUT2D eigenvalue weighted by Crippen LogP contribution is -2.09. The SMILES string of the molecule is Cc1nn(C)c(C)c1-c1ccnc(N[C@H](C)c2ccc(Cl)cc2)n1. The molecule has 0 aliphatic carbocycles. The maximum Gasteiger partial charge on any atom is 0.223 e. The number of aryl methyl sites for hydroxylation is 2. The molecule has 0 fully saturated rings. The van der Waals surface area contributed by atoms with Crippen molar-refractivity contribution in [3.05, 3.63) is 58.5 Å². The first kappa shape index (κ1) is 16.5. The van der Waals surface area contributed by atoms with Gasteiger partial charge in [0, 0.05) is 29.5 Å². The molecular formula is C18H20ClN5. The Labute approximate surface area is 146 Å². The standard InChI is InChI=1S/C18H20ClN5/c1-11(14-5-7-15(19)8-6-14)21-18-20-10-9-16(22-18)17-12(2)23-24(4)13(17)3/h5-11H,1-4H3,(H,20,21,22)/t11-/m1/s1. The lowest BCUT2D eigenvalue weighted by atomic mass is 10.1. The summed E-state index contributed by atoms with van der Waals surface area (Å²) in [5.41, 5.74) is 5.11. The normalized spacial score (nSPS) is 12.2. The predicted octanol–water partition coefficient (Wildman–Crippen LogP) is 4.32. The summed E-state index contributed by atoms with van der Waals surface area (Å²) in [6.07, 6.45) is 1.77. The molecule has 2 heterocycles. The lowest BCUT2D eigenvalue weighted by molar-refractivity contribution is 0.731. The number of hydrogen-bond acceptors (Lipinski definition) is 4. The number of rotatable bonds is 4. The van der Waals surface area contributed by atoms with E-state index in [1.165, 1.54) is 0 Å². The zero-order chi connectivity index (χ0) is 17.3. The smallest absolute Gasteiger partial charge is 0.223 e. The Morgan fingerprint density at radius 3 is 2.46 bits per heavy atom. The van der Waals surface area contributed by atoms with E-state index >= 15 is 0 Å². The maximum absolute atomic E-state index is 5.94. The molecular weight excluding hydrogens is 322 g/mol. The largest absolute Gasteiger partial charge is 0.348 e. The number of nitrogens with one attached hydrogen (secondary N) is 1. The van der Waals surface area contributed by atoms with E-state index in [1.807, 2.05) is 55.9 Å². The average Bonchev–Trinajstić information content (AvgIpc) is 2.81. The van der Waals surface area contributed by atoms with Gasteiger partial charge in [0.1, 0.15) is 0 Å². The zero-order valence-electron chi connectivity index (χ0n) is 14.2. The first-order chi connectivity index (χ1) is 11.5. The van der Waals surface area contributed by atoms with Crippen molar-refractivity contribution < 1.29 is 0 Å². The van der Waals surface area contributed by atoms with Gasteiger partial charge in [-0.1, -0.05) is 23.7 Å². The minimum absolute atomic E-state index is 0.0774. The lowest BCUT2D eigenvalue weighted by Gasteiger charge is -2.15. The second-order valence-corrected chi connectivity index (χ2v) is 6.29. The highest BCUT2D eigenvalue weighted by molar-refractivity contribution is 6.30. The average molecular weight is 342 g/mol. The van der Waals surface area contributed by atoms with E-state index in [4.69, 9.17) is 11.6 Å². The van der Waals surface area contributed by atoms with Crippen molar-refractivity contribution in [3.63, 3.8) is 0 Å². The van der Waals surface area contributed by atoms with Crippen LogP contribution in [0.1, 0.15) is 29.9 Å². The topological polar surface area (TPSA) is 55.6 Å². The molecule has 5 nitrogen and oxygen atoms in total. The molecule has 1 atom stereocenters. The Hall–Kier alpha value is -2.40. The quantitative estimate of drug-likeness (QED) is 0.767. The molecule has 2 aromatic heterocycles. The minimum Gasteiger partial charge on any atom is -0.348 e. The van der Waals surface area contributed by atoms with Crippen LogP contribution in [0.4, 0.5) is 5.95 Å². The number of anilines is 1. The second kappa shape index (κ2) is 6.61.